The van der Waals surface area contributed by atoms with Gasteiger partial charge in [0.15, 0.2) is 6.10 Å². The van der Waals surface area contributed by atoms with Crippen LogP contribution in [0, 0.1) is 11.3 Å². The van der Waals surface area contributed by atoms with Crippen molar-refractivity contribution in [2.45, 2.75) is 68.5 Å². The highest BCUT2D eigenvalue weighted by atomic mass is 16.8. The molecule has 0 amide bonds. The van der Waals surface area contributed by atoms with Gasteiger partial charge >= 0.3 is 0 Å². The van der Waals surface area contributed by atoms with Crippen LogP contribution < -0.4 is 4.74 Å². The number of hydrogen-bond donors (Lipinski definition) is 1. The van der Waals surface area contributed by atoms with E-state index in [0.717, 1.165) is 31.5 Å². The molecule has 2 unspecified atom stereocenters. The Morgan fingerprint density at radius 2 is 2.07 bits per heavy atom. The maximum absolute atomic E-state index is 12.4. The van der Waals surface area contributed by atoms with E-state index in [1.54, 1.807) is 0 Å². The number of benzene rings is 1. The first-order valence-electron chi connectivity index (χ1n) is 11.1. The van der Waals surface area contributed by atoms with E-state index < -0.39 is 22.9 Å². The molecule has 3 aliphatic heterocycles. The average Bonchev–Trinajstić information content (AvgIpc) is 3.33. The molecule has 1 N–H and O–H groups in total. The van der Waals surface area contributed by atoms with Gasteiger partial charge in [0.05, 0.1) is 29.8 Å². The van der Waals surface area contributed by atoms with E-state index >= 15 is 0 Å². The van der Waals surface area contributed by atoms with E-state index in [2.05, 4.69) is 37.0 Å². The summed E-state index contributed by atoms with van der Waals surface area (Å²) >= 11 is 0. The number of fused-ring (bicyclic) bond motifs is 1. The number of aliphatic hydroxyl groups is 1. The summed E-state index contributed by atoms with van der Waals surface area (Å²) in [7, 11) is 0. The summed E-state index contributed by atoms with van der Waals surface area (Å²) in [5, 5.41) is 22.2. The van der Waals surface area contributed by atoms with Gasteiger partial charge in [-0.1, -0.05) is 17.7 Å². The van der Waals surface area contributed by atoms with E-state index in [-0.39, 0.29) is 6.04 Å². The third-order valence-electron chi connectivity index (χ3n) is 8.23. The number of nitriles is 1. The monoisotopic (exact) mass is 408 g/mol. The first-order valence-corrected chi connectivity index (χ1v) is 11.1. The van der Waals surface area contributed by atoms with Crippen LogP contribution in [0.15, 0.2) is 23.8 Å². The fraction of sp³-hybridized carbons (Fsp3) is 0.625. The van der Waals surface area contributed by atoms with Gasteiger partial charge in [-0.05, 0) is 51.3 Å². The van der Waals surface area contributed by atoms with Crippen molar-refractivity contribution in [3.8, 4) is 11.8 Å². The quantitative estimate of drug-likeness (QED) is 0.758. The van der Waals surface area contributed by atoms with Gasteiger partial charge in [-0.2, -0.15) is 5.26 Å². The fourth-order valence-electron chi connectivity index (χ4n) is 6.98. The van der Waals surface area contributed by atoms with Crippen molar-refractivity contribution < 1.29 is 19.3 Å². The van der Waals surface area contributed by atoms with E-state index in [0.29, 0.717) is 37.4 Å². The topological polar surface area (TPSA) is 75.0 Å². The minimum Gasteiger partial charge on any atom is -0.482 e. The SMILES string of the molecule is CC(C)=CCN1CC[C@]23c4c5ccc(C#N)c4OC2C2(CCC3(O)[C@H]1C5)OCCO2. The molecule has 5 aliphatic rings. The molecular weight excluding hydrogens is 380 g/mol. The zero-order valence-electron chi connectivity index (χ0n) is 17.6. The number of ether oxygens (including phenoxy) is 3. The van der Waals surface area contributed by atoms with Crippen LogP contribution >= 0.6 is 0 Å². The van der Waals surface area contributed by atoms with E-state index in [9.17, 15) is 10.4 Å². The molecule has 30 heavy (non-hydrogen) atoms. The van der Waals surface area contributed by atoms with Gasteiger partial charge in [-0.3, -0.25) is 4.90 Å². The Bertz CT molecular complexity index is 988. The summed E-state index contributed by atoms with van der Waals surface area (Å²) in [5.74, 6) is -0.186. The van der Waals surface area contributed by atoms with Crippen molar-refractivity contribution in [1.82, 2.24) is 4.90 Å². The van der Waals surface area contributed by atoms with Gasteiger partial charge < -0.3 is 19.3 Å². The summed E-state index contributed by atoms with van der Waals surface area (Å²) in [5.41, 5.74) is 2.54. The van der Waals surface area contributed by atoms with Crippen LogP contribution in [-0.2, 0) is 21.3 Å². The highest BCUT2D eigenvalue weighted by molar-refractivity contribution is 5.63. The lowest BCUT2D eigenvalue weighted by Gasteiger charge is -2.65. The number of hydrogen-bond acceptors (Lipinski definition) is 6. The third kappa shape index (κ3) is 2.07. The van der Waals surface area contributed by atoms with Crippen LogP contribution in [0.25, 0.3) is 0 Å². The van der Waals surface area contributed by atoms with Crippen molar-refractivity contribution in [3.63, 3.8) is 0 Å². The molecule has 2 spiro atoms. The van der Waals surface area contributed by atoms with Crippen LogP contribution in [0.3, 0.4) is 0 Å². The first-order chi connectivity index (χ1) is 14.5. The number of nitrogens with zero attached hydrogens (tertiary/aromatic N) is 2. The van der Waals surface area contributed by atoms with Crippen LogP contribution in [-0.4, -0.2) is 59.8 Å². The summed E-state index contributed by atoms with van der Waals surface area (Å²) in [6.07, 6.45) is 4.57. The Morgan fingerprint density at radius 1 is 1.27 bits per heavy atom. The van der Waals surface area contributed by atoms with Crippen molar-refractivity contribution in [3.05, 3.63) is 40.5 Å². The lowest BCUT2D eigenvalue weighted by atomic mass is 9.48. The zero-order chi connectivity index (χ0) is 20.7. The van der Waals surface area contributed by atoms with Gasteiger partial charge in [-0.15, -0.1) is 0 Å². The highest BCUT2D eigenvalue weighted by Gasteiger charge is 2.77. The second-order valence-corrected chi connectivity index (χ2v) is 9.74. The number of piperidine rings is 1. The molecule has 158 valence electrons. The molecule has 2 bridgehead atoms. The normalized spacial score (nSPS) is 37.4. The van der Waals surface area contributed by atoms with Crippen LogP contribution in [0.2, 0.25) is 0 Å². The maximum atomic E-state index is 12.4. The summed E-state index contributed by atoms with van der Waals surface area (Å²) in [4.78, 5) is 2.43. The average molecular weight is 408 g/mol. The van der Waals surface area contributed by atoms with Crippen LogP contribution in [0.1, 0.15) is 49.8 Å². The second-order valence-electron chi connectivity index (χ2n) is 9.74. The molecule has 2 aliphatic carbocycles. The van der Waals surface area contributed by atoms with Crippen LogP contribution in [0.5, 0.6) is 5.75 Å². The van der Waals surface area contributed by atoms with E-state index in [4.69, 9.17) is 14.2 Å². The Kier molecular flexibility index (Phi) is 3.81. The van der Waals surface area contributed by atoms with Gasteiger partial charge in [-0.25, -0.2) is 0 Å². The zero-order valence-corrected chi connectivity index (χ0v) is 17.6. The predicted molar refractivity (Wildman–Crippen MR) is 109 cm³/mol. The molecule has 1 aromatic rings. The second kappa shape index (κ2) is 6.08. The molecule has 0 radical (unpaired) electrons. The minimum absolute atomic E-state index is 0.0121. The summed E-state index contributed by atoms with van der Waals surface area (Å²) < 4.78 is 18.9. The largest absolute Gasteiger partial charge is 0.482 e. The van der Waals surface area contributed by atoms with Gasteiger partial charge in [0.1, 0.15) is 11.8 Å². The molecule has 1 saturated carbocycles. The van der Waals surface area contributed by atoms with Crippen molar-refractivity contribution >= 4 is 0 Å². The van der Waals surface area contributed by atoms with Crippen LogP contribution in [0.4, 0.5) is 0 Å². The number of rotatable bonds is 2. The first kappa shape index (κ1) is 18.8. The lowest BCUT2D eigenvalue weighted by molar-refractivity contribution is -0.296. The van der Waals surface area contributed by atoms with Crippen molar-refractivity contribution in [1.29, 1.82) is 5.26 Å². The molecule has 6 nitrogen and oxygen atoms in total. The van der Waals surface area contributed by atoms with Gasteiger partial charge in [0.2, 0.25) is 5.79 Å². The molecule has 6 heteroatoms. The summed E-state index contributed by atoms with van der Waals surface area (Å²) in [6.45, 7) is 7.03. The molecule has 0 aromatic heterocycles. The highest BCUT2D eigenvalue weighted by Crippen LogP contribution is 2.67. The third-order valence-corrected chi connectivity index (χ3v) is 8.23. The van der Waals surface area contributed by atoms with Crippen molar-refractivity contribution in [2.24, 2.45) is 0 Å². The Hall–Kier alpha value is -1.91. The molecule has 3 fully saturated rings. The number of likely N-dealkylation sites (tertiary alicyclic amines) is 1. The molecular formula is C24H28N2O4. The Balaban J connectivity index is 1.56. The molecule has 6 rings (SSSR count). The van der Waals surface area contributed by atoms with E-state index in [1.807, 2.05) is 6.07 Å². The molecule has 3 heterocycles. The molecule has 1 aromatic carbocycles. The molecule has 4 atom stereocenters. The Labute approximate surface area is 177 Å². The maximum Gasteiger partial charge on any atom is 0.207 e. The minimum atomic E-state index is -0.932. The van der Waals surface area contributed by atoms with E-state index in [1.165, 1.54) is 11.1 Å². The van der Waals surface area contributed by atoms with Gasteiger partial charge in [0, 0.05) is 24.6 Å². The smallest absolute Gasteiger partial charge is 0.207 e. The summed E-state index contributed by atoms with van der Waals surface area (Å²) in [6, 6.07) is 6.25. The fourth-order valence-corrected chi connectivity index (χ4v) is 6.98. The standard InChI is InChI=1S/C24H28N2O4/c1-15(2)5-9-26-10-8-22-19-16-3-4-17(14-25)20(19)30-21(22)24(28-11-12-29-24)7-6-23(22,27)18(26)13-16/h3-5,18,21,27H,6-13H2,1-2H3/t18-,21?,22+,23?/m1/s1. The molecule has 2 saturated heterocycles. The Morgan fingerprint density at radius 3 is 2.80 bits per heavy atom. The van der Waals surface area contributed by atoms with Crippen molar-refractivity contribution in [2.75, 3.05) is 26.3 Å². The lowest BCUT2D eigenvalue weighted by Crippen LogP contribution is -2.79. The predicted octanol–water partition coefficient (Wildman–Crippen LogP) is 2.42. The van der Waals surface area contributed by atoms with Gasteiger partial charge in [0.25, 0.3) is 0 Å². The number of allylic oxidation sites excluding steroid dienone is 1.